The van der Waals surface area contributed by atoms with Crippen molar-refractivity contribution in [3.63, 3.8) is 0 Å². The van der Waals surface area contributed by atoms with E-state index in [1.165, 1.54) is 22.0 Å². The van der Waals surface area contributed by atoms with Gasteiger partial charge in [-0.15, -0.1) is 0 Å². The van der Waals surface area contributed by atoms with Gasteiger partial charge in [-0.1, -0.05) is 11.6 Å². The van der Waals surface area contributed by atoms with E-state index in [0.717, 1.165) is 29.3 Å². The number of alkyl halides is 3. The monoisotopic (exact) mass is 479 g/mol. The molecule has 11 heteroatoms. The molecule has 0 fully saturated rings. The maximum atomic E-state index is 13.0. The van der Waals surface area contributed by atoms with Crippen LogP contribution in [-0.2, 0) is 12.7 Å². The van der Waals surface area contributed by atoms with Crippen LogP contribution in [0.15, 0.2) is 53.7 Å². The quantitative estimate of drug-likeness (QED) is 0.311. The lowest BCUT2D eigenvalue weighted by molar-refractivity contribution is -0.137. The molecule has 4 aromatic rings. The number of hydrogen-bond donors (Lipinski definition) is 2. The molecule has 0 spiro atoms. The molecule has 2 aromatic heterocycles. The van der Waals surface area contributed by atoms with Gasteiger partial charge in [0.15, 0.2) is 0 Å². The topological polar surface area (TPSA) is 56.8 Å². The van der Waals surface area contributed by atoms with E-state index in [1.807, 2.05) is 36.7 Å². The minimum atomic E-state index is -4.48. The zero-order chi connectivity index (χ0) is 21.6. The van der Waals surface area contributed by atoms with Crippen LogP contribution in [-0.4, -0.2) is 18.6 Å². The number of hydrogen-bond acceptors (Lipinski definition) is 6. The molecule has 0 aliphatic carbocycles. The first kappa shape index (κ1) is 20.2. The Morgan fingerprint density at radius 3 is 2.77 bits per heavy atom. The van der Waals surface area contributed by atoms with Crippen LogP contribution in [0, 0.1) is 0 Å². The van der Waals surface area contributed by atoms with E-state index in [-0.39, 0.29) is 16.1 Å². The normalized spacial score (nSPS) is 13.6. The first-order valence-electron chi connectivity index (χ1n) is 9.05. The summed E-state index contributed by atoms with van der Waals surface area (Å²) in [6.45, 7) is 0.784. The van der Waals surface area contributed by atoms with Gasteiger partial charge < -0.3 is 14.6 Å². The lowest BCUT2D eigenvalue weighted by Crippen LogP contribution is -2.10. The van der Waals surface area contributed by atoms with Crippen LogP contribution in [0.4, 0.5) is 24.8 Å². The summed E-state index contributed by atoms with van der Waals surface area (Å²) in [5, 5.41) is 3.01. The molecule has 0 radical (unpaired) electrons. The molecule has 0 amide bonds. The summed E-state index contributed by atoms with van der Waals surface area (Å²) in [7, 11) is 0. The van der Waals surface area contributed by atoms with E-state index < -0.39 is 11.7 Å². The van der Waals surface area contributed by atoms with Crippen LogP contribution in [0.3, 0.4) is 0 Å². The van der Waals surface area contributed by atoms with Crippen LogP contribution in [0.5, 0.6) is 0 Å². The number of anilines is 2. The van der Waals surface area contributed by atoms with Gasteiger partial charge in [0.05, 0.1) is 27.5 Å². The first-order valence-corrected chi connectivity index (χ1v) is 11.0. The van der Waals surface area contributed by atoms with Crippen molar-refractivity contribution in [2.75, 3.05) is 5.32 Å². The molecule has 5 nitrogen and oxygen atoms in total. The first-order chi connectivity index (χ1) is 14.8. The van der Waals surface area contributed by atoms with Gasteiger partial charge in [0.1, 0.15) is 5.52 Å². The number of H-pyrrole nitrogens is 1. The summed E-state index contributed by atoms with van der Waals surface area (Å²) >= 11 is 9.09. The molecule has 31 heavy (non-hydrogen) atoms. The van der Waals surface area contributed by atoms with Crippen molar-refractivity contribution < 1.29 is 13.2 Å². The summed E-state index contributed by atoms with van der Waals surface area (Å²) in [5.74, 6) is 0.313. The molecule has 1 aliphatic heterocycles. The summed E-state index contributed by atoms with van der Waals surface area (Å²) in [6.07, 6.45) is 1.50. The highest BCUT2D eigenvalue weighted by Crippen LogP contribution is 2.35. The maximum absolute atomic E-state index is 13.0. The van der Waals surface area contributed by atoms with E-state index in [1.54, 1.807) is 11.9 Å². The van der Waals surface area contributed by atoms with Crippen molar-refractivity contribution in [2.24, 2.45) is 0 Å². The van der Waals surface area contributed by atoms with Crippen LogP contribution in [0.2, 0.25) is 5.02 Å². The van der Waals surface area contributed by atoms with Gasteiger partial charge in [-0.25, -0.2) is 9.36 Å². The third-order valence-electron chi connectivity index (χ3n) is 4.60. The third kappa shape index (κ3) is 4.23. The Morgan fingerprint density at radius 1 is 1.19 bits per heavy atom. The minimum absolute atomic E-state index is 0.0561. The number of halogens is 4. The fourth-order valence-electron chi connectivity index (χ4n) is 3.13. The summed E-state index contributed by atoms with van der Waals surface area (Å²) in [4.78, 5) is 9.35. The van der Waals surface area contributed by atoms with Crippen molar-refractivity contribution in [3.8, 4) is 0 Å². The van der Waals surface area contributed by atoms with Gasteiger partial charge in [0.2, 0.25) is 5.95 Å². The SMILES string of the molecule is FC(F)(F)c1cc(Cl)c2nc(Nc3ccc(SN4C=Cc5sncc5C4)cc3)[nH]c2c1. The highest BCUT2D eigenvalue weighted by molar-refractivity contribution is 7.97. The number of aromatic amines is 1. The molecule has 2 aromatic carbocycles. The second kappa shape index (κ2) is 7.77. The predicted octanol–water partition coefficient (Wildman–Crippen LogP) is 6.93. The second-order valence-corrected chi connectivity index (χ2v) is 9.15. The van der Waals surface area contributed by atoms with E-state index in [2.05, 4.69) is 30.0 Å². The molecule has 3 heterocycles. The Morgan fingerprint density at radius 2 is 2.00 bits per heavy atom. The maximum Gasteiger partial charge on any atom is 0.416 e. The Balaban J connectivity index is 1.29. The van der Waals surface area contributed by atoms with Gasteiger partial charge in [0.25, 0.3) is 0 Å². The van der Waals surface area contributed by atoms with Crippen molar-refractivity contribution in [3.05, 3.63) is 69.8 Å². The number of nitrogens with one attached hydrogen (secondary N) is 2. The fraction of sp³-hybridized carbons (Fsp3) is 0.100. The molecule has 1 aliphatic rings. The smallest absolute Gasteiger partial charge is 0.326 e. The molecule has 5 rings (SSSR count). The largest absolute Gasteiger partial charge is 0.416 e. The van der Waals surface area contributed by atoms with Crippen LogP contribution in [0.25, 0.3) is 17.1 Å². The van der Waals surface area contributed by atoms with Crippen LogP contribution >= 0.6 is 35.1 Å². The molecule has 0 bridgehead atoms. The van der Waals surface area contributed by atoms with Crippen molar-refractivity contribution >= 4 is 63.8 Å². The van der Waals surface area contributed by atoms with Crippen molar-refractivity contribution in [2.45, 2.75) is 17.6 Å². The summed E-state index contributed by atoms with van der Waals surface area (Å²) in [5.41, 5.74) is 1.63. The third-order valence-corrected chi connectivity index (χ3v) is 6.66. The van der Waals surface area contributed by atoms with Crippen molar-refractivity contribution in [1.29, 1.82) is 0 Å². The number of aromatic nitrogens is 3. The van der Waals surface area contributed by atoms with Gasteiger partial charge in [0, 0.05) is 28.5 Å². The molecule has 158 valence electrons. The predicted molar refractivity (Wildman–Crippen MR) is 118 cm³/mol. The summed E-state index contributed by atoms with van der Waals surface area (Å²) in [6, 6.07) is 9.55. The standard InChI is InChI=1S/C20H13ClF3N5S2/c21-15-7-12(20(22,23)24)8-16-18(15)28-19(27-16)26-13-1-3-14(4-2-13)31-29-6-5-17-11(10-29)9-25-30-17/h1-9H,10H2,(H2,26,27,28). The van der Waals surface area contributed by atoms with E-state index in [0.29, 0.717) is 5.95 Å². The van der Waals surface area contributed by atoms with Crippen molar-refractivity contribution in [1.82, 2.24) is 18.6 Å². The Bertz CT molecular complexity index is 1280. The number of benzene rings is 2. The molecule has 0 atom stereocenters. The van der Waals surface area contributed by atoms with Crippen LogP contribution < -0.4 is 5.32 Å². The molecule has 2 N–H and O–H groups in total. The van der Waals surface area contributed by atoms with Gasteiger partial charge in [-0.2, -0.15) is 13.2 Å². The van der Waals surface area contributed by atoms with Gasteiger partial charge >= 0.3 is 6.18 Å². The second-order valence-electron chi connectivity index (χ2n) is 6.78. The Hall–Kier alpha value is -2.69. The van der Waals surface area contributed by atoms with Gasteiger partial charge in [-0.05, 0) is 66.0 Å². The van der Waals surface area contributed by atoms with Gasteiger partial charge in [-0.3, -0.25) is 0 Å². The molecule has 0 saturated carbocycles. The lowest BCUT2D eigenvalue weighted by atomic mass is 10.2. The molecule has 0 unspecified atom stereocenters. The number of fused-ring (bicyclic) bond motifs is 2. The highest BCUT2D eigenvalue weighted by Gasteiger charge is 2.31. The van der Waals surface area contributed by atoms with E-state index in [9.17, 15) is 13.2 Å². The van der Waals surface area contributed by atoms with E-state index in [4.69, 9.17) is 11.6 Å². The highest BCUT2D eigenvalue weighted by atomic mass is 35.5. The fourth-order valence-corrected chi connectivity index (χ4v) is 4.89. The Kier molecular flexibility index (Phi) is 5.07. The number of nitrogens with zero attached hydrogens (tertiary/aromatic N) is 3. The van der Waals surface area contributed by atoms with E-state index >= 15 is 0 Å². The molecular formula is C20H13ClF3N5S2. The number of imidazole rings is 1. The zero-order valence-electron chi connectivity index (χ0n) is 15.6. The number of rotatable bonds is 4. The minimum Gasteiger partial charge on any atom is -0.326 e. The average Bonchev–Trinajstić information content (AvgIpc) is 3.35. The average molecular weight is 480 g/mol. The zero-order valence-corrected chi connectivity index (χ0v) is 18.0. The molecule has 0 saturated heterocycles. The summed E-state index contributed by atoms with van der Waals surface area (Å²) < 4.78 is 45.3. The molecular weight excluding hydrogens is 467 g/mol. The Labute approximate surface area is 188 Å². The van der Waals surface area contributed by atoms with Crippen LogP contribution in [0.1, 0.15) is 16.0 Å². The lowest BCUT2D eigenvalue weighted by Gasteiger charge is -2.21.